The van der Waals surface area contributed by atoms with Crippen molar-refractivity contribution in [3.05, 3.63) is 15.6 Å². The lowest BCUT2D eigenvalue weighted by Crippen LogP contribution is -2.33. The van der Waals surface area contributed by atoms with Crippen LogP contribution in [0.2, 0.25) is 0 Å². The van der Waals surface area contributed by atoms with Gasteiger partial charge in [0.05, 0.1) is 5.69 Å². The van der Waals surface area contributed by atoms with Crippen LogP contribution in [-0.4, -0.2) is 23.2 Å². The zero-order chi connectivity index (χ0) is 14.9. The summed E-state index contributed by atoms with van der Waals surface area (Å²) in [4.78, 5) is 16.4. The molecule has 5 heteroatoms. The van der Waals surface area contributed by atoms with Gasteiger partial charge in [0.1, 0.15) is 15.5 Å². The third-order valence-electron chi connectivity index (χ3n) is 4.26. The Morgan fingerprint density at radius 1 is 1.45 bits per heavy atom. The van der Waals surface area contributed by atoms with Gasteiger partial charge in [-0.2, -0.15) is 0 Å². The minimum Gasteiger partial charge on any atom is -0.477 e. The number of aromatic carboxylic acids is 1. The number of methoxy groups -OCH3 is 1. The van der Waals surface area contributed by atoms with Gasteiger partial charge in [-0.05, 0) is 37.5 Å². The van der Waals surface area contributed by atoms with Crippen LogP contribution in [0.1, 0.15) is 72.7 Å². The average Bonchev–Trinajstić information content (AvgIpc) is 2.86. The second-order valence-electron chi connectivity index (χ2n) is 6.07. The van der Waals surface area contributed by atoms with Gasteiger partial charge in [-0.3, -0.25) is 0 Å². The molecule has 2 rings (SSSR count). The number of nitrogens with zero attached hydrogens (tertiary/aromatic N) is 1. The normalized spacial score (nSPS) is 26.9. The molecule has 1 aromatic heterocycles. The van der Waals surface area contributed by atoms with Gasteiger partial charge in [0.2, 0.25) is 0 Å². The fourth-order valence-electron chi connectivity index (χ4n) is 2.81. The topological polar surface area (TPSA) is 59.4 Å². The van der Waals surface area contributed by atoms with E-state index in [1.807, 2.05) is 13.8 Å². The summed E-state index contributed by atoms with van der Waals surface area (Å²) in [6.45, 7) is 6.21. The number of hydrogen-bond acceptors (Lipinski definition) is 4. The Balaban J connectivity index is 2.40. The molecule has 1 aromatic rings. The van der Waals surface area contributed by atoms with Crippen molar-refractivity contribution in [1.29, 1.82) is 0 Å². The van der Waals surface area contributed by atoms with Crippen LogP contribution in [0.3, 0.4) is 0 Å². The fourth-order valence-corrected chi connectivity index (χ4v) is 4.09. The maximum absolute atomic E-state index is 11.4. The van der Waals surface area contributed by atoms with Gasteiger partial charge in [0.25, 0.3) is 0 Å². The molecule has 112 valence electrons. The highest BCUT2D eigenvalue weighted by molar-refractivity contribution is 7.13. The zero-order valence-corrected chi connectivity index (χ0v) is 13.4. The highest BCUT2D eigenvalue weighted by atomic mass is 32.1. The molecule has 0 saturated heterocycles. The molecule has 0 atom stereocenters. The van der Waals surface area contributed by atoms with Crippen LogP contribution in [0, 0.1) is 5.92 Å². The van der Waals surface area contributed by atoms with Gasteiger partial charge in [-0.25, -0.2) is 9.78 Å². The van der Waals surface area contributed by atoms with Gasteiger partial charge in [-0.1, -0.05) is 20.8 Å². The van der Waals surface area contributed by atoms with Crippen LogP contribution in [0.15, 0.2) is 0 Å². The molecular weight excluding hydrogens is 274 g/mol. The third-order valence-corrected chi connectivity index (χ3v) is 5.50. The van der Waals surface area contributed by atoms with E-state index in [-0.39, 0.29) is 11.5 Å². The predicted octanol–water partition coefficient (Wildman–Crippen LogP) is 4.02. The van der Waals surface area contributed by atoms with E-state index in [9.17, 15) is 9.90 Å². The predicted molar refractivity (Wildman–Crippen MR) is 79.5 cm³/mol. The zero-order valence-electron chi connectivity index (χ0n) is 12.6. The first-order chi connectivity index (χ1) is 9.39. The second kappa shape index (κ2) is 5.82. The third kappa shape index (κ3) is 2.74. The van der Waals surface area contributed by atoms with Crippen molar-refractivity contribution >= 4 is 17.3 Å². The van der Waals surface area contributed by atoms with Crippen molar-refractivity contribution in [2.24, 2.45) is 5.92 Å². The number of carbonyl (C=O) groups is 1. The largest absolute Gasteiger partial charge is 0.477 e. The number of carboxylic acids is 1. The Kier molecular flexibility index (Phi) is 4.49. The molecular formula is C15H23NO3S. The van der Waals surface area contributed by atoms with Crippen LogP contribution in [0.5, 0.6) is 0 Å². The molecule has 1 heterocycles. The Hall–Kier alpha value is -0.940. The summed E-state index contributed by atoms with van der Waals surface area (Å²) in [5, 5.41) is 10.2. The minimum absolute atomic E-state index is 0.113. The first kappa shape index (κ1) is 15.4. The quantitative estimate of drug-likeness (QED) is 0.912. The van der Waals surface area contributed by atoms with Crippen LogP contribution in [0.25, 0.3) is 0 Å². The second-order valence-corrected chi connectivity index (χ2v) is 7.07. The smallest absolute Gasteiger partial charge is 0.347 e. The van der Waals surface area contributed by atoms with E-state index >= 15 is 0 Å². The molecule has 0 bridgehead atoms. The summed E-state index contributed by atoms with van der Waals surface area (Å²) in [6.07, 6.45) is 4.06. The summed E-state index contributed by atoms with van der Waals surface area (Å²) in [7, 11) is 1.72. The van der Waals surface area contributed by atoms with Crippen molar-refractivity contribution in [1.82, 2.24) is 4.98 Å². The molecule has 4 nitrogen and oxygen atoms in total. The SMILES string of the molecule is COC1(c2nc(C(C)C)c(C(=O)O)s2)CCC(C)CC1. The summed E-state index contributed by atoms with van der Waals surface area (Å²) < 4.78 is 5.80. The summed E-state index contributed by atoms with van der Waals surface area (Å²) >= 11 is 1.29. The number of rotatable bonds is 4. The molecule has 0 spiro atoms. The minimum atomic E-state index is -0.882. The number of carboxylic acid groups (broad SMARTS) is 1. The summed E-state index contributed by atoms with van der Waals surface area (Å²) in [6, 6.07) is 0. The number of hydrogen-bond donors (Lipinski definition) is 1. The molecule has 1 N–H and O–H groups in total. The monoisotopic (exact) mass is 297 g/mol. The van der Waals surface area contributed by atoms with E-state index in [2.05, 4.69) is 11.9 Å². The van der Waals surface area contributed by atoms with E-state index in [4.69, 9.17) is 4.74 Å². The molecule has 0 radical (unpaired) electrons. The number of thiazole rings is 1. The van der Waals surface area contributed by atoms with Crippen molar-refractivity contribution in [3.8, 4) is 0 Å². The highest BCUT2D eigenvalue weighted by Crippen LogP contribution is 2.44. The average molecular weight is 297 g/mol. The van der Waals surface area contributed by atoms with Crippen LogP contribution in [-0.2, 0) is 10.3 Å². The van der Waals surface area contributed by atoms with Gasteiger partial charge >= 0.3 is 5.97 Å². The molecule has 0 aromatic carbocycles. The Morgan fingerprint density at radius 2 is 2.05 bits per heavy atom. The molecule has 1 aliphatic carbocycles. The van der Waals surface area contributed by atoms with Crippen LogP contribution in [0.4, 0.5) is 0 Å². The van der Waals surface area contributed by atoms with E-state index in [1.165, 1.54) is 11.3 Å². The van der Waals surface area contributed by atoms with Crippen molar-refractivity contribution in [2.45, 2.75) is 58.0 Å². The van der Waals surface area contributed by atoms with E-state index in [0.29, 0.717) is 16.5 Å². The molecule has 0 aliphatic heterocycles. The lowest BCUT2D eigenvalue weighted by atomic mass is 9.80. The highest BCUT2D eigenvalue weighted by Gasteiger charge is 2.40. The summed E-state index contributed by atoms with van der Waals surface area (Å²) in [5.41, 5.74) is 0.307. The molecule has 20 heavy (non-hydrogen) atoms. The van der Waals surface area contributed by atoms with Gasteiger partial charge in [0.15, 0.2) is 0 Å². The van der Waals surface area contributed by atoms with Crippen molar-refractivity contribution < 1.29 is 14.6 Å². The first-order valence-electron chi connectivity index (χ1n) is 7.19. The fraction of sp³-hybridized carbons (Fsp3) is 0.733. The molecule has 0 amide bonds. The number of aromatic nitrogens is 1. The van der Waals surface area contributed by atoms with Gasteiger partial charge in [0, 0.05) is 7.11 Å². The van der Waals surface area contributed by atoms with Gasteiger partial charge < -0.3 is 9.84 Å². The lowest BCUT2D eigenvalue weighted by Gasteiger charge is -2.36. The van der Waals surface area contributed by atoms with Crippen LogP contribution >= 0.6 is 11.3 Å². The van der Waals surface area contributed by atoms with Crippen molar-refractivity contribution in [3.63, 3.8) is 0 Å². The Bertz CT molecular complexity index is 487. The molecule has 1 saturated carbocycles. The lowest BCUT2D eigenvalue weighted by molar-refractivity contribution is -0.0532. The first-order valence-corrected chi connectivity index (χ1v) is 8.01. The standard InChI is InChI=1S/C15H23NO3S/c1-9(2)11-12(13(17)18)20-14(16-11)15(19-4)7-5-10(3)6-8-15/h9-10H,5-8H2,1-4H3,(H,17,18). The van der Waals surface area contributed by atoms with E-state index < -0.39 is 5.97 Å². The van der Waals surface area contributed by atoms with Gasteiger partial charge in [-0.15, -0.1) is 11.3 Å². The molecule has 1 aliphatic rings. The Labute approximate surface area is 124 Å². The van der Waals surface area contributed by atoms with Crippen LogP contribution < -0.4 is 0 Å². The molecule has 0 unspecified atom stereocenters. The Morgan fingerprint density at radius 3 is 2.45 bits per heavy atom. The van der Waals surface area contributed by atoms with E-state index in [0.717, 1.165) is 30.7 Å². The molecule has 1 fully saturated rings. The van der Waals surface area contributed by atoms with E-state index in [1.54, 1.807) is 7.11 Å². The maximum atomic E-state index is 11.4. The summed E-state index contributed by atoms with van der Waals surface area (Å²) in [5.74, 6) is -0.0582. The number of ether oxygens (including phenoxy) is 1. The van der Waals surface area contributed by atoms with Crippen molar-refractivity contribution in [2.75, 3.05) is 7.11 Å². The maximum Gasteiger partial charge on any atom is 0.347 e.